The van der Waals surface area contributed by atoms with Crippen LogP contribution in [0.2, 0.25) is 5.02 Å². The van der Waals surface area contributed by atoms with E-state index in [9.17, 15) is 19.7 Å². The number of hydrogen-bond donors (Lipinski definition) is 1. The van der Waals surface area contributed by atoms with Crippen molar-refractivity contribution in [3.8, 4) is 0 Å². The van der Waals surface area contributed by atoms with Gasteiger partial charge in [0, 0.05) is 57.3 Å². The molecule has 192 valence electrons. The maximum absolute atomic E-state index is 13.5. The summed E-state index contributed by atoms with van der Waals surface area (Å²) in [5.74, 6) is -0.356. The molecule has 2 amide bonds. The van der Waals surface area contributed by atoms with E-state index < -0.39 is 10.8 Å². The number of nitro benzene ring substituents is 1. The largest absolute Gasteiger partial charge is 0.371 e. The summed E-state index contributed by atoms with van der Waals surface area (Å²) in [7, 11) is 0. The van der Waals surface area contributed by atoms with Gasteiger partial charge < -0.3 is 20.0 Å². The van der Waals surface area contributed by atoms with Gasteiger partial charge in [0.2, 0.25) is 5.91 Å². The van der Waals surface area contributed by atoms with E-state index in [4.69, 9.17) is 11.6 Å². The van der Waals surface area contributed by atoms with Gasteiger partial charge in [0.05, 0.1) is 32.6 Å². The van der Waals surface area contributed by atoms with Gasteiger partial charge in [-0.2, -0.15) is 0 Å². The van der Waals surface area contributed by atoms with Gasteiger partial charge in [-0.25, -0.2) is 0 Å². The van der Waals surface area contributed by atoms with Crippen LogP contribution in [0.4, 0.5) is 22.7 Å². The third kappa shape index (κ3) is 5.56. The van der Waals surface area contributed by atoms with Crippen molar-refractivity contribution in [2.45, 2.75) is 33.1 Å². The summed E-state index contributed by atoms with van der Waals surface area (Å²) in [5.41, 5.74) is 2.06. The number of carbonyl (C=O) groups is 2. The standard InChI is InChI=1S/C26H32ClN5O4/c1-18(2)26(34)31-15-13-30(14-16-31)24-21(27)7-6-8-22(24)28-25(33)20-17-19(32(35)36)9-10-23(20)29-11-4-3-5-12-29/h6-10,17-18H,3-5,11-16H2,1-2H3,(H,28,33). The van der Waals surface area contributed by atoms with Crippen LogP contribution in [0, 0.1) is 16.0 Å². The predicted octanol–water partition coefficient (Wildman–Crippen LogP) is 4.80. The van der Waals surface area contributed by atoms with E-state index in [2.05, 4.69) is 15.1 Å². The Morgan fingerprint density at radius 1 is 0.972 bits per heavy atom. The fourth-order valence-electron chi connectivity index (χ4n) is 4.87. The molecule has 0 aliphatic carbocycles. The maximum Gasteiger partial charge on any atom is 0.270 e. The van der Waals surface area contributed by atoms with E-state index in [0.717, 1.165) is 32.4 Å². The van der Waals surface area contributed by atoms with E-state index in [1.54, 1.807) is 24.3 Å². The van der Waals surface area contributed by atoms with E-state index in [1.165, 1.54) is 12.1 Å². The number of piperidine rings is 1. The Morgan fingerprint density at radius 2 is 1.67 bits per heavy atom. The highest BCUT2D eigenvalue weighted by molar-refractivity contribution is 6.34. The first-order valence-corrected chi connectivity index (χ1v) is 12.8. The van der Waals surface area contributed by atoms with Gasteiger partial charge in [-0.05, 0) is 37.5 Å². The molecule has 0 bridgehead atoms. The van der Waals surface area contributed by atoms with E-state index in [0.29, 0.717) is 48.3 Å². The number of amides is 2. The zero-order valence-electron chi connectivity index (χ0n) is 20.7. The normalized spacial score (nSPS) is 16.3. The summed E-state index contributed by atoms with van der Waals surface area (Å²) in [4.78, 5) is 42.9. The second kappa shape index (κ2) is 11.2. The quantitative estimate of drug-likeness (QED) is 0.440. The van der Waals surface area contributed by atoms with Crippen LogP contribution in [0.3, 0.4) is 0 Å². The first-order chi connectivity index (χ1) is 17.3. The van der Waals surface area contributed by atoms with Crippen molar-refractivity contribution in [3.05, 3.63) is 57.1 Å². The molecule has 36 heavy (non-hydrogen) atoms. The average molecular weight is 514 g/mol. The molecule has 2 heterocycles. The fraction of sp³-hybridized carbons (Fsp3) is 0.462. The molecule has 2 fully saturated rings. The van der Waals surface area contributed by atoms with Gasteiger partial charge >= 0.3 is 0 Å². The number of halogens is 1. The lowest BCUT2D eigenvalue weighted by Gasteiger charge is -2.38. The van der Waals surface area contributed by atoms with E-state index in [1.807, 2.05) is 18.7 Å². The number of anilines is 3. The summed E-state index contributed by atoms with van der Waals surface area (Å²) in [6.07, 6.45) is 3.16. The minimum absolute atomic E-state index is 0.0595. The number of non-ortho nitro benzene ring substituents is 1. The second-order valence-electron chi connectivity index (χ2n) is 9.56. The summed E-state index contributed by atoms with van der Waals surface area (Å²) < 4.78 is 0. The molecule has 2 aromatic carbocycles. The Morgan fingerprint density at radius 3 is 2.31 bits per heavy atom. The number of nitrogens with zero attached hydrogens (tertiary/aromatic N) is 4. The Kier molecular flexibility index (Phi) is 7.98. The number of piperazine rings is 1. The Hall–Kier alpha value is -3.33. The van der Waals surface area contributed by atoms with Crippen molar-refractivity contribution in [1.29, 1.82) is 0 Å². The molecule has 0 spiro atoms. The summed E-state index contributed by atoms with van der Waals surface area (Å²) in [6, 6.07) is 9.78. The third-order valence-corrected chi connectivity index (χ3v) is 7.07. The van der Waals surface area contributed by atoms with Crippen molar-refractivity contribution in [1.82, 2.24) is 4.90 Å². The summed E-state index contributed by atoms with van der Waals surface area (Å²) in [5, 5.41) is 14.9. The first kappa shape index (κ1) is 25.8. The molecule has 0 radical (unpaired) electrons. The fourth-order valence-corrected chi connectivity index (χ4v) is 5.17. The zero-order valence-corrected chi connectivity index (χ0v) is 21.5. The highest BCUT2D eigenvalue weighted by atomic mass is 35.5. The molecule has 0 aromatic heterocycles. The third-order valence-electron chi connectivity index (χ3n) is 6.77. The number of nitro groups is 1. The number of benzene rings is 2. The van der Waals surface area contributed by atoms with Crippen LogP contribution >= 0.6 is 11.6 Å². The molecule has 2 aliphatic heterocycles. The van der Waals surface area contributed by atoms with Gasteiger partial charge in [-0.1, -0.05) is 31.5 Å². The average Bonchev–Trinajstić information content (AvgIpc) is 2.88. The van der Waals surface area contributed by atoms with Crippen LogP contribution in [0.1, 0.15) is 43.5 Å². The maximum atomic E-state index is 13.5. The molecule has 0 saturated carbocycles. The number of para-hydroxylation sites is 1. The molecule has 2 aromatic rings. The Bertz CT molecular complexity index is 1140. The molecule has 9 nitrogen and oxygen atoms in total. The van der Waals surface area contributed by atoms with Crippen LogP contribution in [0.15, 0.2) is 36.4 Å². The first-order valence-electron chi connectivity index (χ1n) is 12.4. The highest BCUT2D eigenvalue weighted by Crippen LogP contribution is 2.36. The van der Waals surface area contributed by atoms with Gasteiger partial charge in [0.15, 0.2) is 0 Å². The smallest absolute Gasteiger partial charge is 0.270 e. The molecule has 0 atom stereocenters. The van der Waals surface area contributed by atoms with E-state index >= 15 is 0 Å². The predicted molar refractivity (Wildman–Crippen MR) is 142 cm³/mol. The molecular formula is C26H32ClN5O4. The highest BCUT2D eigenvalue weighted by Gasteiger charge is 2.27. The van der Waals surface area contributed by atoms with Crippen LogP contribution in [-0.4, -0.2) is 60.9 Å². The van der Waals surface area contributed by atoms with Crippen LogP contribution in [-0.2, 0) is 4.79 Å². The molecule has 2 aliphatic rings. The molecule has 4 rings (SSSR count). The van der Waals surface area contributed by atoms with Crippen molar-refractivity contribution in [3.63, 3.8) is 0 Å². The Balaban J connectivity index is 1.60. The zero-order chi connectivity index (χ0) is 25.8. The number of carbonyl (C=O) groups excluding carboxylic acids is 2. The Labute approximate surface area is 216 Å². The van der Waals surface area contributed by atoms with Crippen molar-refractivity contribution in [2.75, 3.05) is 54.4 Å². The lowest BCUT2D eigenvalue weighted by Crippen LogP contribution is -2.50. The number of hydrogen-bond acceptors (Lipinski definition) is 6. The van der Waals surface area contributed by atoms with Gasteiger partial charge in [-0.3, -0.25) is 19.7 Å². The van der Waals surface area contributed by atoms with Gasteiger partial charge in [-0.15, -0.1) is 0 Å². The van der Waals surface area contributed by atoms with Crippen molar-refractivity contribution in [2.24, 2.45) is 5.92 Å². The van der Waals surface area contributed by atoms with Gasteiger partial charge in [0.25, 0.3) is 11.6 Å². The number of rotatable bonds is 6. The van der Waals surface area contributed by atoms with Crippen LogP contribution in [0.25, 0.3) is 0 Å². The minimum atomic E-state index is -0.487. The van der Waals surface area contributed by atoms with Crippen LogP contribution < -0.4 is 15.1 Å². The molecule has 10 heteroatoms. The molecule has 2 saturated heterocycles. The van der Waals surface area contributed by atoms with Crippen molar-refractivity contribution >= 4 is 46.2 Å². The monoisotopic (exact) mass is 513 g/mol. The lowest BCUT2D eigenvalue weighted by atomic mass is 10.1. The minimum Gasteiger partial charge on any atom is -0.371 e. The topological polar surface area (TPSA) is 99.0 Å². The van der Waals surface area contributed by atoms with Gasteiger partial charge in [0.1, 0.15) is 0 Å². The van der Waals surface area contributed by atoms with Crippen molar-refractivity contribution < 1.29 is 14.5 Å². The number of nitrogens with one attached hydrogen (secondary N) is 1. The molecule has 0 unspecified atom stereocenters. The molecular weight excluding hydrogens is 482 g/mol. The van der Waals surface area contributed by atoms with Crippen LogP contribution in [0.5, 0.6) is 0 Å². The SMILES string of the molecule is CC(C)C(=O)N1CCN(c2c(Cl)cccc2NC(=O)c2cc([N+](=O)[O-])ccc2N2CCCCC2)CC1. The van der Waals surface area contributed by atoms with E-state index in [-0.39, 0.29) is 23.1 Å². The summed E-state index contributed by atoms with van der Waals surface area (Å²) in [6.45, 7) is 7.70. The lowest BCUT2D eigenvalue weighted by molar-refractivity contribution is -0.384. The second-order valence-corrected chi connectivity index (χ2v) is 9.97. The molecule has 1 N–H and O–H groups in total. The summed E-state index contributed by atoms with van der Waals surface area (Å²) >= 11 is 6.59.